The van der Waals surface area contributed by atoms with E-state index >= 15 is 0 Å². The Bertz CT molecular complexity index is 414. The molecule has 1 rings (SSSR count). The van der Waals surface area contributed by atoms with Gasteiger partial charge in [0.1, 0.15) is 6.04 Å². The highest BCUT2D eigenvalue weighted by Crippen LogP contribution is 2.13. The summed E-state index contributed by atoms with van der Waals surface area (Å²) in [6.07, 6.45) is 0.470. The minimum Gasteiger partial charge on any atom is -0.480 e. The standard InChI is InChI=1S/C8H14N4O3S/c1-9-5(6(13)14)3-4-16-8-11-10-7(15)12(8)2/h5,9H,3-4H2,1-2H3,(H,10,15)(H,13,14). The van der Waals surface area contributed by atoms with Gasteiger partial charge in [0.15, 0.2) is 5.16 Å². The van der Waals surface area contributed by atoms with Crippen LogP contribution in [0.15, 0.2) is 9.95 Å². The molecule has 1 atom stereocenters. The van der Waals surface area contributed by atoms with Gasteiger partial charge in [-0.3, -0.25) is 9.36 Å². The third-order valence-electron chi connectivity index (χ3n) is 2.12. The molecule has 1 aromatic heterocycles. The van der Waals surface area contributed by atoms with Gasteiger partial charge >= 0.3 is 11.7 Å². The zero-order valence-corrected chi connectivity index (χ0v) is 9.87. The Kier molecular flexibility index (Phi) is 4.56. The van der Waals surface area contributed by atoms with Crippen LogP contribution >= 0.6 is 11.8 Å². The number of aliphatic carboxylic acids is 1. The summed E-state index contributed by atoms with van der Waals surface area (Å²) in [7, 11) is 3.22. The maximum Gasteiger partial charge on any atom is 0.343 e. The van der Waals surface area contributed by atoms with Gasteiger partial charge < -0.3 is 10.4 Å². The lowest BCUT2D eigenvalue weighted by Gasteiger charge is -2.09. The van der Waals surface area contributed by atoms with Gasteiger partial charge in [0, 0.05) is 12.8 Å². The van der Waals surface area contributed by atoms with Gasteiger partial charge in [-0.05, 0) is 13.5 Å². The van der Waals surface area contributed by atoms with Gasteiger partial charge in [-0.2, -0.15) is 0 Å². The molecular weight excluding hydrogens is 232 g/mol. The first-order valence-electron chi connectivity index (χ1n) is 4.70. The highest BCUT2D eigenvalue weighted by molar-refractivity contribution is 7.99. The molecule has 0 radical (unpaired) electrons. The van der Waals surface area contributed by atoms with Crippen molar-refractivity contribution in [2.45, 2.75) is 17.6 Å². The highest BCUT2D eigenvalue weighted by Gasteiger charge is 2.15. The smallest absolute Gasteiger partial charge is 0.343 e. The van der Waals surface area contributed by atoms with Crippen LogP contribution in [0.1, 0.15) is 6.42 Å². The Morgan fingerprint density at radius 2 is 2.44 bits per heavy atom. The Labute approximate surface area is 96.2 Å². The van der Waals surface area contributed by atoms with Crippen LogP contribution in [0.4, 0.5) is 0 Å². The average molecular weight is 246 g/mol. The number of hydrogen-bond donors (Lipinski definition) is 3. The second kappa shape index (κ2) is 5.71. The number of likely N-dealkylation sites (N-methyl/N-ethyl adjacent to an activating group) is 1. The van der Waals surface area contributed by atoms with Gasteiger partial charge in [-0.25, -0.2) is 9.89 Å². The van der Waals surface area contributed by atoms with Crippen LogP contribution in [0, 0.1) is 0 Å². The lowest BCUT2D eigenvalue weighted by atomic mass is 10.2. The zero-order chi connectivity index (χ0) is 12.1. The number of carboxylic acids is 1. The van der Waals surface area contributed by atoms with Gasteiger partial charge in [0.25, 0.3) is 0 Å². The Morgan fingerprint density at radius 1 is 1.75 bits per heavy atom. The van der Waals surface area contributed by atoms with Crippen LogP contribution in [0.25, 0.3) is 0 Å². The molecule has 90 valence electrons. The predicted molar refractivity (Wildman–Crippen MR) is 59.7 cm³/mol. The number of carbonyl (C=O) groups is 1. The molecule has 0 fully saturated rings. The fourth-order valence-corrected chi connectivity index (χ4v) is 2.04. The zero-order valence-electron chi connectivity index (χ0n) is 9.06. The molecule has 0 aliphatic rings. The first-order chi connectivity index (χ1) is 7.56. The van der Waals surface area contributed by atoms with Crippen molar-refractivity contribution in [3.63, 3.8) is 0 Å². The van der Waals surface area contributed by atoms with Crippen LogP contribution in [0.3, 0.4) is 0 Å². The average Bonchev–Trinajstić information content (AvgIpc) is 2.55. The molecule has 1 aromatic rings. The van der Waals surface area contributed by atoms with Crippen molar-refractivity contribution in [3.05, 3.63) is 10.5 Å². The van der Waals surface area contributed by atoms with Crippen molar-refractivity contribution in [3.8, 4) is 0 Å². The maximum absolute atomic E-state index is 11.0. The van der Waals surface area contributed by atoms with Crippen molar-refractivity contribution in [1.82, 2.24) is 20.1 Å². The molecule has 0 aromatic carbocycles. The van der Waals surface area contributed by atoms with E-state index in [1.807, 2.05) is 0 Å². The van der Waals surface area contributed by atoms with E-state index in [1.54, 1.807) is 14.1 Å². The summed E-state index contributed by atoms with van der Waals surface area (Å²) in [5.41, 5.74) is -0.272. The third kappa shape index (κ3) is 3.11. The van der Waals surface area contributed by atoms with E-state index in [1.165, 1.54) is 16.3 Å². The van der Waals surface area contributed by atoms with Gasteiger partial charge in [0.2, 0.25) is 0 Å². The van der Waals surface area contributed by atoms with Crippen LogP contribution < -0.4 is 11.0 Å². The lowest BCUT2D eigenvalue weighted by Crippen LogP contribution is -2.34. The van der Waals surface area contributed by atoms with E-state index in [0.717, 1.165) is 0 Å². The van der Waals surface area contributed by atoms with Crippen molar-refractivity contribution in [1.29, 1.82) is 0 Å². The van der Waals surface area contributed by atoms with Gasteiger partial charge in [0.05, 0.1) is 0 Å². The summed E-state index contributed by atoms with van der Waals surface area (Å²) in [4.78, 5) is 21.7. The molecule has 0 spiro atoms. The fourth-order valence-electron chi connectivity index (χ4n) is 1.12. The molecule has 0 amide bonds. The number of nitrogens with zero attached hydrogens (tertiary/aromatic N) is 2. The molecule has 1 unspecified atom stereocenters. The first kappa shape index (κ1) is 12.8. The highest BCUT2D eigenvalue weighted by atomic mass is 32.2. The van der Waals surface area contributed by atoms with E-state index in [0.29, 0.717) is 17.3 Å². The fraction of sp³-hybridized carbons (Fsp3) is 0.625. The first-order valence-corrected chi connectivity index (χ1v) is 5.69. The molecular formula is C8H14N4O3S. The Balaban J connectivity index is 2.44. The molecule has 7 nitrogen and oxygen atoms in total. The molecule has 0 aliphatic carbocycles. The Morgan fingerprint density at radius 3 is 2.88 bits per heavy atom. The van der Waals surface area contributed by atoms with Crippen LogP contribution in [0.2, 0.25) is 0 Å². The van der Waals surface area contributed by atoms with Crippen molar-refractivity contribution in [2.75, 3.05) is 12.8 Å². The number of aromatic amines is 1. The quantitative estimate of drug-likeness (QED) is 0.572. The topological polar surface area (TPSA) is 100 Å². The molecule has 0 saturated heterocycles. The maximum atomic E-state index is 11.0. The molecule has 3 N–H and O–H groups in total. The van der Waals surface area contributed by atoms with E-state index in [2.05, 4.69) is 15.5 Å². The molecule has 0 aliphatic heterocycles. The van der Waals surface area contributed by atoms with Crippen LogP contribution in [0.5, 0.6) is 0 Å². The van der Waals surface area contributed by atoms with E-state index in [-0.39, 0.29) is 5.69 Å². The number of carboxylic acid groups (broad SMARTS) is 1. The van der Waals surface area contributed by atoms with E-state index in [9.17, 15) is 9.59 Å². The van der Waals surface area contributed by atoms with Crippen molar-refractivity contribution < 1.29 is 9.90 Å². The summed E-state index contributed by atoms with van der Waals surface area (Å²) < 4.78 is 1.39. The SMILES string of the molecule is CNC(CCSc1n[nH]c(=O)n1C)C(=O)O. The summed E-state index contributed by atoms with van der Waals surface area (Å²) in [5.74, 6) is -0.297. The van der Waals surface area contributed by atoms with Crippen molar-refractivity contribution >= 4 is 17.7 Å². The normalized spacial score (nSPS) is 12.6. The predicted octanol–water partition coefficient (Wildman–Crippen LogP) is -0.737. The monoisotopic (exact) mass is 246 g/mol. The second-order valence-corrected chi connectivity index (χ2v) is 4.25. The molecule has 1 heterocycles. The summed E-state index contributed by atoms with van der Waals surface area (Å²) in [6, 6.07) is -0.566. The molecule has 16 heavy (non-hydrogen) atoms. The van der Waals surface area contributed by atoms with Gasteiger partial charge in [-0.15, -0.1) is 5.10 Å². The Hall–Kier alpha value is -1.28. The summed E-state index contributed by atoms with van der Waals surface area (Å²) in [6.45, 7) is 0. The minimum absolute atomic E-state index is 0.272. The molecule has 0 bridgehead atoms. The van der Waals surface area contributed by atoms with Crippen LogP contribution in [-0.4, -0.2) is 44.7 Å². The van der Waals surface area contributed by atoms with E-state index in [4.69, 9.17) is 5.11 Å². The van der Waals surface area contributed by atoms with Crippen LogP contribution in [-0.2, 0) is 11.8 Å². The number of nitrogens with one attached hydrogen (secondary N) is 2. The van der Waals surface area contributed by atoms with Crippen molar-refractivity contribution in [2.24, 2.45) is 7.05 Å². The van der Waals surface area contributed by atoms with E-state index < -0.39 is 12.0 Å². The number of H-pyrrole nitrogens is 1. The summed E-state index contributed by atoms with van der Waals surface area (Å²) in [5, 5.41) is 18.2. The largest absolute Gasteiger partial charge is 0.480 e. The number of rotatable bonds is 6. The molecule has 8 heteroatoms. The second-order valence-electron chi connectivity index (χ2n) is 3.19. The van der Waals surface area contributed by atoms with Gasteiger partial charge in [-0.1, -0.05) is 11.8 Å². The molecule has 0 saturated carbocycles. The minimum atomic E-state index is -0.876. The summed E-state index contributed by atoms with van der Waals surface area (Å²) >= 11 is 1.35. The number of aromatic nitrogens is 3. The number of hydrogen-bond acceptors (Lipinski definition) is 5. The number of thioether (sulfide) groups is 1. The third-order valence-corrected chi connectivity index (χ3v) is 3.19. The lowest BCUT2D eigenvalue weighted by molar-refractivity contribution is -0.139.